The molecule has 0 spiro atoms. The number of nitrogens with two attached hydrogens (primary N) is 2. The highest BCUT2D eigenvalue weighted by Gasteiger charge is 2.37. The molecule has 0 heterocycles. The van der Waals surface area contributed by atoms with Crippen molar-refractivity contribution in [2.45, 2.75) is 31.8 Å². The average Bonchev–Trinajstić information content (AvgIpc) is 2.12. The summed E-state index contributed by atoms with van der Waals surface area (Å²) in [4.78, 5) is 32.4. The van der Waals surface area contributed by atoms with E-state index in [-0.39, 0.29) is 18.6 Å². The maximum absolute atomic E-state index is 11.1. The first kappa shape index (κ1) is 12.7. The third kappa shape index (κ3) is 3.23. The van der Waals surface area contributed by atoms with Gasteiger partial charge in [0.15, 0.2) is 5.78 Å². The van der Waals surface area contributed by atoms with Crippen LogP contribution in [-0.2, 0) is 14.4 Å². The van der Waals surface area contributed by atoms with Gasteiger partial charge in [0, 0.05) is 19.3 Å². The normalized spacial score (nSPS) is 11.1. The van der Waals surface area contributed by atoms with Crippen LogP contribution in [0, 0.1) is 0 Å². The van der Waals surface area contributed by atoms with Crippen molar-refractivity contribution >= 4 is 17.5 Å². The molecule has 0 atom stereocenters. The Morgan fingerprint density at radius 3 is 2.07 bits per heavy atom. The van der Waals surface area contributed by atoms with E-state index < -0.39 is 17.4 Å². The van der Waals surface area contributed by atoms with E-state index in [1.54, 1.807) is 6.92 Å². The van der Waals surface area contributed by atoms with Crippen molar-refractivity contribution in [1.82, 2.24) is 0 Å². The molecule has 0 saturated heterocycles. The molecule has 0 radical (unpaired) electrons. The fraction of sp³-hybridized carbons (Fsp3) is 0.625. The molecule has 0 aliphatic heterocycles. The molecule has 0 fully saturated rings. The Morgan fingerprint density at radius 1 is 1.21 bits per heavy atom. The molecule has 6 nitrogen and oxygen atoms in total. The van der Waals surface area contributed by atoms with Crippen LogP contribution >= 0.6 is 0 Å². The highest BCUT2D eigenvalue weighted by Crippen LogP contribution is 2.03. The second-order valence-corrected chi connectivity index (χ2v) is 2.99. The van der Waals surface area contributed by atoms with Gasteiger partial charge in [0.2, 0.25) is 5.66 Å². The SMILES string of the molecule is CCC(=O)CCC(=O)C(N)(N)C(=O)O. The van der Waals surface area contributed by atoms with Gasteiger partial charge in [-0.1, -0.05) is 6.92 Å². The van der Waals surface area contributed by atoms with Gasteiger partial charge < -0.3 is 5.11 Å². The molecule has 0 amide bonds. The van der Waals surface area contributed by atoms with Crippen molar-refractivity contribution in [3.63, 3.8) is 0 Å². The third-order valence-electron chi connectivity index (χ3n) is 1.84. The number of carbonyl (C=O) groups excluding carboxylic acids is 2. The molecule has 6 heteroatoms. The van der Waals surface area contributed by atoms with Crippen LogP contribution in [0.3, 0.4) is 0 Å². The topological polar surface area (TPSA) is 123 Å². The van der Waals surface area contributed by atoms with Gasteiger partial charge in [-0.2, -0.15) is 0 Å². The second-order valence-electron chi connectivity index (χ2n) is 2.99. The maximum Gasteiger partial charge on any atom is 0.346 e. The summed E-state index contributed by atoms with van der Waals surface area (Å²) in [6.45, 7) is 1.65. The zero-order valence-corrected chi connectivity index (χ0v) is 7.95. The number of ketones is 2. The Kier molecular flexibility index (Phi) is 4.39. The fourth-order valence-corrected chi connectivity index (χ4v) is 0.756. The van der Waals surface area contributed by atoms with Gasteiger partial charge in [-0.05, 0) is 0 Å². The lowest BCUT2D eigenvalue weighted by molar-refractivity contribution is -0.148. The molecule has 0 aromatic heterocycles. The summed E-state index contributed by atoms with van der Waals surface area (Å²) in [7, 11) is 0. The minimum atomic E-state index is -2.38. The van der Waals surface area contributed by atoms with Crippen LogP contribution in [0.25, 0.3) is 0 Å². The van der Waals surface area contributed by atoms with Gasteiger partial charge in [0.05, 0.1) is 0 Å². The van der Waals surface area contributed by atoms with E-state index in [9.17, 15) is 14.4 Å². The van der Waals surface area contributed by atoms with Gasteiger partial charge in [0.25, 0.3) is 0 Å². The monoisotopic (exact) mass is 202 g/mol. The number of hydrogen-bond acceptors (Lipinski definition) is 5. The van der Waals surface area contributed by atoms with Crippen molar-refractivity contribution in [2.75, 3.05) is 0 Å². The first-order chi connectivity index (χ1) is 6.32. The first-order valence-electron chi connectivity index (χ1n) is 4.18. The highest BCUT2D eigenvalue weighted by atomic mass is 16.4. The smallest absolute Gasteiger partial charge is 0.346 e. The van der Waals surface area contributed by atoms with Gasteiger partial charge in [-0.25, -0.2) is 4.79 Å². The van der Waals surface area contributed by atoms with Gasteiger partial charge >= 0.3 is 5.97 Å². The number of carbonyl (C=O) groups is 3. The standard InChI is InChI=1S/C8H14N2O4/c1-2-5(11)3-4-6(12)8(9,10)7(13)14/h2-4,9-10H2,1H3,(H,13,14). The van der Waals surface area contributed by atoms with Crippen LogP contribution in [0.1, 0.15) is 26.2 Å². The number of hydrogen-bond donors (Lipinski definition) is 3. The summed E-state index contributed by atoms with van der Waals surface area (Å²) < 4.78 is 0. The molecule has 0 unspecified atom stereocenters. The van der Waals surface area contributed by atoms with E-state index >= 15 is 0 Å². The Labute approximate surface area is 81.3 Å². The molecule has 14 heavy (non-hydrogen) atoms. The number of carboxylic acids is 1. The van der Waals surface area contributed by atoms with E-state index in [1.165, 1.54) is 0 Å². The lowest BCUT2D eigenvalue weighted by Crippen LogP contribution is -2.62. The number of carboxylic acid groups (broad SMARTS) is 1. The predicted octanol–water partition coefficient (Wildman–Crippen LogP) is -0.987. The minimum absolute atomic E-state index is 0.0151. The van der Waals surface area contributed by atoms with Crippen molar-refractivity contribution in [2.24, 2.45) is 11.5 Å². The zero-order valence-electron chi connectivity index (χ0n) is 7.95. The molecular formula is C8H14N2O4. The van der Waals surface area contributed by atoms with Crippen LogP contribution in [0.15, 0.2) is 0 Å². The molecule has 80 valence electrons. The van der Waals surface area contributed by atoms with E-state index in [0.717, 1.165) is 0 Å². The average molecular weight is 202 g/mol. The Morgan fingerprint density at radius 2 is 1.71 bits per heavy atom. The van der Waals surface area contributed by atoms with E-state index in [1.807, 2.05) is 0 Å². The molecule has 0 aliphatic carbocycles. The lowest BCUT2D eigenvalue weighted by Gasteiger charge is -2.16. The lowest BCUT2D eigenvalue weighted by atomic mass is 10.0. The summed E-state index contributed by atoms with van der Waals surface area (Å²) in [6.07, 6.45) is 0.0627. The Bertz CT molecular complexity index is 260. The van der Waals surface area contributed by atoms with Gasteiger partial charge in [-0.15, -0.1) is 0 Å². The minimum Gasteiger partial charge on any atom is -0.479 e. The summed E-state index contributed by atoms with van der Waals surface area (Å²) in [6, 6.07) is 0. The molecule has 0 bridgehead atoms. The quantitative estimate of drug-likeness (QED) is 0.375. The number of aliphatic carboxylic acids is 1. The third-order valence-corrected chi connectivity index (χ3v) is 1.84. The van der Waals surface area contributed by atoms with Crippen LogP contribution in [0.2, 0.25) is 0 Å². The fourth-order valence-electron chi connectivity index (χ4n) is 0.756. The Balaban J connectivity index is 4.22. The van der Waals surface area contributed by atoms with Crippen LogP contribution in [-0.4, -0.2) is 28.3 Å². The summed E-state index contributed by atoms with van der Waals surface area (Å²) in [5, 5.41) is 8.48. The molecule has 0 rings (SSSR count). The summed E-state index contributed by atoms with van der Waals surface area (Å²) >= 11 is 0. The molecule has 5 N–H and O–H groups in total. The van der Waals surface area contributed by atoms with Crippen molar-refractivity contribution in [1.29, 1.82) is 0 Å². The molecule has 0 saturated carbocycles. The van der Waals surface area contributed by atoms with E-state index in [2.05, 4.69) is 0 Å². The van der Waals surface area contributed by atoms with Crippen LogP contribution in [0.4, 0.5) is 0 Å². The van der Waals surface area contributed by atoms with E-state index in [0.29, 0.717) is 6.42 Å². The maximum atomic E-state index is 11.1. The van der Waals surface area contributed by atoms with Crippen molar-refractivity contribution < 1.29 is 19.5 Å². The van der Waals surface area contributed by atoms with Crippen LogP contribution in [0.5, 0.6) is 0 Å². The zero-order chi connectivity index (χ0) is 11.4. The molecular weight excluding hydrogens is 188 g/mol. The second kappa shape index (κ2) is 4.83. The largest absolute Gasteiger partial charge is 0.479 e. The van der Waals surface area contributed by atoms with Crippen molar-refractivity contribution in [3.05, 3.63) is 0 Å². The van der Waals surface area contributed by atoms with Crippen molar-refractivity contribution in [3.8, 4) is 0 Å². The van der Waals surface area contributed by atoms with Crippen LogP contribution < -0.4 is 11.5 Å². The highest BCUT2D eigenvalue weighted by molar-refractivity contribution is 6.07. The summed E-state index contributed by atoms with van der Waals surface area (Å²) in [5.41, 5.74) is 7.72. The Hall–Kier alpha value is -1.27. The van der Waals surface area contributed by atoms with Gasteiger partial charge in [-0.3, -0.25) is 21.1 Å². The number of rotatable bonds is 6. The predicted molar refractivity (Wildman–Crippen MR) is 48.3 cm³/mol. The van der Waals surface area contributed by atoms with Gasteiger partial charge in [0.1, 0.15) is 5.78 Å². The molecule has 0 aliphatic rings. The number of Topliss-reactive ketones (excluding diaryl/α,β-unsaturated/α-hetero) is 2. The van der Waals surface area contributed by atoms with E-state index in [4.69, 9.17) is 16.6 Å². The molecule has 0 aromatic carbocycles. The summed E-state index contributed by atoms with van der Waals surface area (Å²) in [5.74, 6) is -2.56. The molecule has 0 aromatic rings. The first-order valence-corrected chi connectivity index (χ1v) is 4.18.